The maximum absolute atomic E-state index is 13.8. The van der Waals surface area contributed by atoms with Crippen LogP contribution in [0.15, 0.2) is 119 Å². The molecule has 0 aliphatic carbocycles. The van der Waals surface area contributed by atoms with Crippen LogP contribution in [0.3, 0.4) is 0 Å². The van der Waals surface area contributed by atoms with Gasteiger partial charge in [0.15, 0.2) is 12.1 Å². The highest BCUT2D eigenvalue weighted by molar-refractivity contribution is 6.25. The average molecular weight is 529 g/mol. The van der Waals surface area contributed by atoms with Gasteiger partial charge in [0.05, 0.1) is 17.4 Å². The number of hydrogen-bond acceptors (Lipinski definition) is 7. The van der Waals surface area contributed by atoms with Gasteiger partial charge in [0.2, 0.25) is 0 Å². The van der Waals surface area contributed by atoms with Crippen LogP contribution >= 0.6 is 0 Å². The van der Waals surface area contributed by atoms with E-state index in [-0.39, 0.29) is 18.5 Å². The lowest BCUT2D eigenvalue weighted by atomic mass is 9.95. The Kier molecular flexibility index (Phi) is 5.70. The number of imide groups is 1. The van der Waals surface area contributed by atoms with Crippen molar-refractivity contribution < 1.29 is 14.4 Å². The lowest BCUT2D eigenvalue weighted by Gasteiger charge is -2.25. The van der Waals surface area contributed by atoms with Crippen molar-refractivity contribution in [3.05, 3.63) is 114 Å². The normalized spacial score (nSPS) is 21.9. The minimum absolute atomic E-state index is 0.234. The van der Waals surface area contributed by atoms with Gasteiger partial charge >= 0.3 is 0 Å². The van der Waals surface area contributed by atoms with Crippen molar-refractivity contribution >= 4 is 39.9 Å². The summed E-state index contributed by atoms with van der Waals surface area (Å²) in [6.07, 6.45) is 0.538. The third-order valence-corrected chi connectivity index (χ3v) is 7.62. The van der Waals surface area contributed by atoms with Gasteiger partial charge in [-0.2, -0.15) is 10.2 Å². The molecule has 3 heterocycles. The highest BCUT2D eigenvalue weighted by atomic mass is 16.2. The summed E-state index contributed by atoms with van der Waals surface area (Å²) in [7, 11) is 0. The van der Waals surface area contributed by atoms with E-state index < -0.39 is 23.9 Å². The summed E-state index contributed by atoms with van der Waals surface area (Å²) in [5.74, 6) is -1.22. The molecule has 40 heavy (non-hydrogen) atoms. The standard InChI is InChI=1S/C31H24N6O3/c38-27(19-35-29-28(32-34-35)30(39)36(31(29)40)22-14-5-2-6-15-22)37-26(21-11-3-1-4-12-21)18-25(33-37)24-17-9-13-20-10-7-8-16-23(20)24/h1-17,26,28-29H,18-19H2/t26-,28+,29+/m1/s1. The van der Waals surface area contributed by atoms with Gasteiger partial charge < -0.3 is 0 Å². The van der Waals surface area contributed by atoms with Crippen LogP contribution in [0.25, 0.3) is 10.8 Å². The first-order chi connectivity index (χ1) is 19.6. The summed E-state index contributed by atoms with van der Waals surface area (Å²) in [4.78, 5) is 41.3. The van der Waals surface area contributed by atoms with Crippen molar-refractivity contribution in [2.24, 2.45) is 15.4 Å². The van der Waals surface area contributed by atoms with Gasteiger partial charge in [0.25, 0.3) is 17.7 Å². The van der Waals surface area contributed by atoms with Crippen LogP contribution in [0.5, 0.6) is 0 Å². The second kappa shape index (κ2) is 9.53. The van der Waals surface area contributed by atoms with E-state index in [2.05, 4.69) is 28.5 Å². The summed E-state index contributed by atoms with van der Waals surface area (Å²) in [5, 5.41) is 18.0. The number of anilines is 1. The van der Waals surface area contributed by atoms with E-state index in [0.29, 0.717) is 12.1 Å². The van der Waals surface area contributed by atoms with Gasteiger partial charge in [-0.05, 0) is 28.5 Å². The monoisotopic (exact) mass is 528 g/mol. The predicted molar refractivity (Wildman–Crippen MR) is 149 cm³/mol. The van der Waals surface area contributed by atoms with Crippen LogP contribution in [-0.4, -0.2) is 52.1 Å². The maximum Gasteiger partial charge on any atom is 0.264 e. The number of amides is 3. The number of nitrogens with zero attached hydrogens (tertiary/aromatic N) is 6. The molecule has 0 N–H and O–H groups in total. The number of hydrazone groups is 1. The molecule has 0 spiro atoms. The van der Waals surface area contributed by atoms with Crippen LogP contribution in [0.4, 0.5) is 5.69 Å². The van der Waals surface area contributed by atoms with E-state index in [1.807, 2.05) is 60.7 Å². The average Bonchev–Trinajstić information content (AvgIpc) is 3.69. The minimum atomic E-state index is -0.973. The summed E-state index contributed by atoms with van der Waals surface area (Å²) < 4.78 is 0. The Morgan fingerprint density at radius 2 is 1.50 bits per heavy atom. The Labute approximate surface area is 230 Å². The van der Waals surface area contributed by atoms with Gasteiger partial charge in [0.1, 0.15) is 6.54 Å². The quantitative estimate of drug-likeness (QED) is 0.356. The zero-order chi connectivity index (χ0) is 27.2. The molecule has 4 aromatic carbocycles. The highest BCUT2D eigenvalue weighted by Gasteiger charge is 2.55. The van der Waals surface area contributed by atoms with E-state index in [1.165, 1.54) is 10.0 Å². The fourth-order valence-electron chi connectivity index (χ4n) is 5.71. The van der Waals surface area contributed by atoms with Gasteiger partial charge in [-0.25, -0.2) is 9.91 Å². The molecule has 3 aliphatic rings. The van der Waals surface area contributed by atoms with E-state index in [0.717, 1.165) is 32.5 Å². The van der Waals surface area contributed by atoms with Crippen LogP contribution < -0.4 is 4.90 Å². The summed E-state index contributed by atoms with van der Waals surface area (Å²) in [6, 6.07) is 30.4. The minimum Gasteiger partial charge on any atom is -0.271 e. The molecule has 4 aromatic rings. The number of benzene rings is 4. The molecule has 196 valence electrons. The van der Waals surface area contributed by atoms with Gasteiger partial charge in [-0.3, -0.25) is 19.4 Å². The topological polar surface area (TPSA) is 98.0 Å². The molecule has 3 aliphatic heterocycles. The molecular formula is C31H24N6O3. The van der Waals surface area contributed by atoms with E-state index in [1.54, 1.807) is 24.3 Å². The lowest BCUT2D eigenvalue weighted by Crippen LogP contribution is -2.44. The Hall–Kier alpha value is -5.18. The van der Waals surface area contributed by atoms with Gasteiger partial charge in [0, 0.05) is 12.0 Å². The second-order valence-electron chi connectivity index (χ2n) is 9.98. The number of carbonyl (C=O) groups is 3. The largest absolute Gasteiger partial charge is 0.271 e. The lowest BCUT2D eigenvalue weighted by molar-refractivity contribution is -0.135. The molecule has 0 unspecified atom stereocenters. The Morgan fingerprint density at radius 3 is 2.30 bits per heavy atom. The molecule has 0 aromatic heterocycles. The summed E-state index contributed by atoms with van der Waals surface area (Å²) >= 11 is 0. The molecule has 1 saturated heterocycles. The number of para-hydroxylation sites is 1. The van der Waals surface area contributed by atoms with Crippen molar-refractivity contribution in [3.8, 4) is 0 Å². The van der Waals surface area contributed by atoms with Crippen molar-refractivity contribution in [2.75, 3.05) is 11.4 Å². The smallest absolute Gasteiger partial charge is 0.264 e. The molecule has 1 fully saturated rings. The second-order valence-corrected chi connectivity index (χ2v) is 9.98. The molecule has 3 atom stereocenters. The first kappa shape index (κ1) is 23.9. The molecule has 9 heteroatoms. The van der Waals surface area contributed by atoms with E-state index in [9.17, 15) is 14.4 Å². The highest BCUT2D eigenvalue weighted by Crippen LogP contribution is 2.36. The molecule has 0 bridgehead atoms. The van der Waals surface area contributed by atoms with E-state index >= 15 is 0 Å². The molecule has 0 saturated carbocycles. The third kappa shape index (κ3) is 3.86. The summed E-state index contributed by atoms with van der Waals surface area (Å²) in [6.45, 7) is -0.234. The Balaban J connectivity index is 1.19. The van der Waals surface area contributed by atoms with Crippen molar-refractivity contribution in [1.29, 1.82) is 0 Å². The van der Waals surface area contributed by atoms with Crippen LogP contribution in [0, 0.1) is 0 Å². The Bertz CT molecular complexity index is 1700. The summed E-state index contributed by atoms with van der Waals surface area (Å²) in [5.41, 5.74) is 3.21. The third-order valence-electron chi connectivity index (χ3n) is 7.62. The van der Waals surface area contributed by atoms with Crippen molar-refractivity contribution in [3.63, 3.8) is 0 Å². The van der Waals surface area contributed by atoms with E-state index in [4.69, 9.17) is 5.10 Å². The molecule has 0 radical (unpaired) electrons. The number of carbonyl (C=O) groups excluding carboxylic acids is 3. The number of rotatable bonds is 5. The van der Waals surface area contributed by atoms with Crippen LogP contribution in [0.2, 0.25) is 0 Å². The molecular weight excluding hydrogens is 504 g/mol. The fourth-order valence-corrected chi connectivity index (χ4v) is 5.71. The Morgan fingerprint density at radius 1 is 0.800 bits per heavy atom. The van der Waals surface area contributed by atoms with Crippen LogP contribution in [-0.2, 0) is 14.4 Å². The SMILES string of the molecule is O=C1[C@H]2N=NN(CC(=O)N3N=C(c4cccc5ccccc45)C[C@@H]3c3ccccc3)[C@@H]2C(=O)N1c1ccccc1. The number of hydrogen-bond donors (Lipinski definition) is 0. The molecule has 7 rings (SSSR count). The van der Waals surface area contributed by atoms with Crippen molar-refractivity contribution in [1.82, 2.24) is 10.0 Å². The van der Waals surface area contributed by atoms with Gasteiger partial charge in [-0.15, -0.1) is 0 Å². The zero-order valence-corrected chi connectivity index (χ0v) is 21.4. The van der Waals surface area contributed by atoms with Gasteiger partial charge in [-0.1, -0.05) is 96.2 Å². The zero-order valence-electron chi connectivity index (χ0n) is 21.4. The maximum atomic E-state index is 13.8. The van der Waals surface area contributed by atoms with Crippen LogP contribution in [0.1, 0.15) is 23.6 Å². The fraction of sp³-hybridized carbons (Fsp3) is 0.161. The van der Waals surface area contributed by atoms with Crippen molar-refractivity contribution in [2.45, 2.75) is 24.5 Å². The predicted octanol–water partition coefficient (Wildman–Crippen LogP) is 4.51. The number of fused-ring (bicyclic) bond motifs is 2. The molecule has 9 nitrogen and oxygen atoms in total. The molecule has 3 amide bonds. The first-order valence-electron chi connectivity index (χ1n) is 13.1. The first-order valence-corrected chi connectivity index (χ1v) is 13.1.